The number of fused-ring (bicyclic) bond motifs is 1. The SMILES string of the molecule is Nc1ncc(-c2ccc(C3CN(C(=O)c4cccc5ncccc45)CCO3)nc2)cn1. The number of morpholine rings is 1. The minimum Gasteiger partial charge on any atom is -0.368 e. The van der Waals surface area contributed by atoms with Gasteiger partial charge in [0.25, 0.3) is 5.91 Å². The number of hydrogen-bond acceptors (Lipinski definition) is 7. The molecule has 5 rings (SSSR count). The van der Waals surface area contributed by atoms with Crippen LogP contribution in [0, 0.1) is 0 Å². The monoisotopic (exact) mass is 412 g/mol. The Labute approximate surface area is 178 Å². The van der Waals surface area contributed by atoms with Gasteiger partial charge >= 0.3 is 0 Å². The largest absolute Gasteiger partial charge is 0.368 e. The van der Waals surface area contributed by atoms with Gasteiger partial charge in [0, 0.05) is 53.4 Å². The number of nitrogen functional groups attached to an aromatic ring is 1. The van der Waals surface area contributed by atoms with Gasteiger partial charge in [-0.2, -0.15) is 0 Å². The van der Waals surface area contributed by atoms with Crippen molar-refractivity contribution in [2.24, 2.45) is 0 Å². The summed E-state index contributed by atoms with van der Waals surface area (Å²) >= 11 is 0. The first-order valence-electron chi connectivity index (χ1n) is 9.97. The van der Waals surface area contributed by atoms with Crippen LogP contribution in [0.15, 0.2) is 67.3 Å². The van der Waals surface area contributed by atoms with Crippen molar-refractivity contribution in [2.45, 2.75) is 6.10 Å². The Morgan fingerprint density at radius 1 is 0.968 bits per heavy atom. The highest BCUT2D eigenvalue weighted by molar-refractivity contribution is 6.06. The number of benzene rings is 1. The lowest BCUT2D eigenvalue weighted by molar-refractivity contribution is -0.0246. The molecule has 0 spiro atoms. The van der Waals surface area contributed by atoms with Gasteiger partial charge in [-0.15, -0.1) is 0 Å². The molecule has 3 aromatic heterocycles. The third-order valence-corrected chi connectivity index (χ3v) is 5.35. The van der Waals surface area contributed by atoms with Gasteiger partial charge in [0.1, 0.15) is 6.10 Å². The molecule has 4 aromatic rings. The Bertz CT molecular complexity index is 1220. The van der Waals surface area contributed by atoms with Gasteiger partial charge < -0.3 is 15.4 Å². The highest BCUT2D eigenvalue weighted by Crippen LogP contribution is 2.26. The summed E-state index contributed by atoms with van der Waals surface area (Å²) in [5, 5.41) is 0.853. The molecule has 0 aliphatic carbocycles. The molecule has 1 amide bonds. The summed E-state index contributed by atoms with van der Waals surface area (Å²) in [6.45, 7) is 1.42. The molecule has 1 aliphatic rings. The molecule has 1 atom stereocenters. The number of carbonyl (C=O) groups excluding carboxylic acids is 1. The van der Waals surface area contributed by atoms with Crippen molar-refractivity contribution in [1.82, 2.24) is 24.8 Å². The number of rotatable bonds is 3. The zero-order valence-corrected chi connectivity index (χ0v) is 16.7. The zero-order chi connectivity index (χ0) is 21.2. The Morgan fingerprint density at radius 2 is 1.81 bits per heavy atom. The van der Waals surface area contributed by atoms with Crippen LogP contribution in [-0.4, -0.2) is 50.4 Å². The molecule has 0 saturated carbocycles. The van der Waals surface area contributed by atoms with Crippen molar-refractivity contribution in [3.63, 3.8) is 0 Å². The van der Waals surface area contributed by atoms with Gasteiger partial charge in [-0.25, -0.2) is 9.97 Å². The van der Waals surface area contributed by atoms with Gasteiger partial charge in [0.15, 0.2) is 0 Å². The van der Waals surface area contributed by atoms with Crippen molar-refractivity contribution >= 4 is 22.8 Å². The van der Waals surface area contributed by atoms with Crippen LogP contribution in [0.3, 0.4) is 0 Å². The fourth-order valence-corrected chi connectivity index (χ4v) is 3.73. The maximum atomic E-state index is 13.3. The van der Waals surface area contributed by atoms with Crippen LogP contribution in [0.2, 0.25) is 0 Å². The molecule has 2 N–H and O–H groups in total. The lowest BCUT2D eigenvalue weighted by Gasteiger charge is -2.33. The Morgan fingerprint density at radius 3 is 2.61 bits per heavy atom. The second-order valence-electron chi connectivity index (χ2n) is 7.29. The molecule has 1 saturated heterocycles. The summed E-state index contributed by atoms with van der Waals surface area (Å²) < 4.78 is 5.92. The second-order valence-corrected chi connectivity index (χ2v) is 7.29. The lowest BCUT2D eigenvalue weighted by atomic mass is 10.1. The topological polar surface area (TPSA) is 107 Å². The minimum absolute atomic E-state index is 0.0254. The lowest BCUT2D eigenvalue weighted by Crippen LogP contribution is -2.42. The number of ether oxygens (including phenoxy) is 1. The molecule has 1 aliphatic heterocycles. The van der Waals surface area contributed by atoms with Crippen molar-refractivity contribution in [3.8, 4) is 11.1 Å². The molecular formula is C23H20N6O2. The predicted molar refractivity (Wildman–Crippen MR) is 116 cm³/mol. The average Bonchev–Trinajstić information content (AvgIpc) is 2.84. The second kappa shape index (κ2) is 8.08. The van der Waals surface area contributed by atoms with Crippen LogP contribution in [0.1, 0.15) is 22.2 Å². The van der Waals surface area contributed by atoms with Crippen LogP contribution in [0.25, 0.3) is 22.0 Å². The smallest absolute Gasteiger partial charge is 0.254 e. The summed E-state index contributed by atoms with van der Waals surface area (Å²) in [5.41, 5.74) is 9.50. The quantitative estimate of drug-likeness (QED) is 0.551. The predicted octanol–water partition coefficient (Wildman–Crippen LogP) is 2.88. The van der Waals surface area contributed by atoms with E-state index >= 15 is 0 Å². The van der Waals surface area contributed by atoms with Crippen LogP contribution in [-0.2, 0) is 4.74 Å². The van der Waals surface area contributed by atoms with E-state index < -0.39 is 0 Å². The van der Waals surface area contributed by atoms with Crippen LogP contribution in [0.4, 0.5) is 5.95 Å². The highest BCUT2D eigenvalue weighted by atomic mass is 16.5. The van der Waals surface area contributed by atoms with Crippen molar-refractivity contribution in [3.05, 3.63) is 78.5 Å². The number of nitrogens with zero attached hydrogens (tertiary/aromatic N) is 5. The average molecular weight is 412 g/mol. The van der Waals surface area contributed by atoms with Gasteiger partial charge in [-0.1, -0.05) is 18.2 Å². The van der Waals surface area contributed by atoms with Crippen LogP contribution >= 0.6 is 0 Å². The molecule has 31 heavy (non-hydrogen) atoms. The highest BCUT2D eigenvalue weighted by Gasteiger charge is 2.27. The van der Waals surface area contributed by atoms with Crippen molar-refractivity contribution in [1.29, 1.82) is 0 Å². The maximum Gasteiger partial charge on any atom is 0.254 e. The molecular weight excluding hydrogens is 392 g/mol. The fraction of sp³-hybridized carbons (Fsp3) is 0.174. The Balaban J connectivity index is 1.35. The third kappa shape index (κ3) is 3.80. The molecule has 1 fully saturated rings. The molecule has 1 aromatic carbocycles. The summed E-state index contributed by atoms with van der Waals surface area (Å²) in [6, 6.07) is 13.2. The molecule has 8 heteroatoms. The number of carbonyl (C=O) groups is 1. The van der Waals surface area contributed by atoms with Crippen LogP contribution < -0.4 is 5.73 Å². The van der Waals surface area contributed by atoms with Gasteiger partial charge in [0.05, 0.1) is 24.4 Å². The number of nitrogens with two attached hydrogens (primary N) is 1. The third-order valence-electron chi connectivity index (χ3n) is 5.35. The van der Waals surface area contributed by atoms with Crippen LogP contribution in [0.5, 0.6) is 0 Å². The maximum absolute atomic E-state index is 13.3. The van der Waals surface area contributed by atoms with E-state index in [2.05, 4.69) is 19.9 Å². The Kier molecular flexibility index (Phi) is 4.97. The number of anilines is 1. The van der Waals surface area contributed by atoms with E-state index in [1.54, 1.807) is 24.8 Å². The summed E-state index contributed by atoms with van der Waals surface area (Å²) in [7, 11) is 0. The first-order chi connectivity index (χ1) is 15.2. The van der Waals surface area contributed by atoms with E-state index in [1.165, 1.54) is 0 Å². The van der Waals surface area contributed by atoms with E-state index in [-0.39, 0.29) is 18.0 Å². The standard InChI is InChI=1S/C23H20N6O2/c24-23-27-12-16(13-28-23)15-6-7-20(26-11-15)21-14-29(9-10-31-21)22(30)18-3-1-5-19-17(18)4-2-8-25-19/h1-8,11-13,21H,9-10,14H2,(H2,24,27,28). The van der Waals surface area contributed by atoms with Gasteiger partial charge in [0.2, 0.25) is 5.95 Å². The van der Waals surface area contributed by atoms with Crippen molar-refractivity contribution in [2.75, 3.05) is 25.4 Å². The van der Waals surface area contributed by atoms with E-state index in [9.17, 15) is 4.79 Å². The van der Waals surface area contributed by atoms with Gasteiger partial charge in [-0.05, 0) is 24.3 Å². The van der Waals surface area contributed by atoms with E-state index in [1.807, 2.05) is 47.4 Å². The molecule has 0 radical (unpaired) electrons. The zero-order valence-electron chi connectivity index (χ0n) is 16.7. The minimum atomic E-state index is -0.289. The molecule has 4 heterocycles. The fourth-order valence-electron chi connectivity index (χ4n) is 3.73. The van der Waals surface area contributed by atoms with Crippen molar-refractivity contribution < 1.29 is 9.53 Å². The van der Waals surface area contributed by atoms with E-state index in [4.69, 9.17) is 10.5 Å². The van der Waals surface area contributed by atoms with Gasteiger partial charge in [-0.3, -0.25) is 14.8 Å². The first-order valence-corrected chi connectivity index (χ1v) is 9.97. The summed E-state index contributed by atoms with van der Waals surface area (Å²) in [6.07, 6.45) is 6.52. The Hall–Kier alpha value is -3.91. The first kappa shape index (κ1) is 19.1. The van der Waals surface area contributed by atoms with E-state index in [0.717, 1.165) is 27.7 Å². The number of amides is 1. The molecule has 154 valence electrons. The normalized spacial score (nSPS) is 16.4. The number of pyridine rings is 2. The molecule has 8 nitrogen and oxygen atoms in total. The molecule has 1 unspecified atom stereocenters. The summed E-state index contributed by atoms with van der Waals surface area (Å²) in [4.78, 5) is 32.0. The van der Waals surface area contributed by atoms with E-state index in [0.29, 0.717) is 25.3 Å². The number of aromatic nitrogens is 4. The summed E-state index contributed by atoms with van der Waals surface area (Å²) in [5.74, 6) is 0.207. The number of hydrogen-bond donors (Lipinski definition) is 1. The molecule has 0 bridgehead atoms.